The van der Waals surface area contributed by atoms with Gasteiger partial charge in [-0.25, -0.2) is 5.43 Å². The Morgan fingerprint density at radius 2 is 2.20 bits per heavy atom. The number of hydrogen-bond acceptors (Lipinski definition) is 6. The van der Waals surface area contributed by atoms with E-state index in [1.807, 2.05) is 6.92 Å². The molecule has 0 aliphatic heterocycles. The highest BCUT2D eigenvalue weighted by atomic mass is 35.5. The van der Waals surface area contributed by atoms with Gasteiger partial charge in [0.05, 0.1) is 11.1 Å². The summed E-state index contributed by atoms with van der Waals surface area (Å²) in [7, 11) is 0. The van der Waals surface area contributed by atoms with E-state index in [-0.39, 0.29) is 12.2 Å². The highest BCUT2D eigenvalue weighted by Crippen LogP contribution is 2.27. The van der Waals surface area contributed by atoms with E-state index in [4.69, 9.17) is 16.3 Å². The molecule has 0 saturated heterocycles. The predicted octanol–water partition coefficient (Wildman–Crippen LogP) is 2.79. The van der Waals surface area contributed by atoms with Gasteiger partial charge in [0.2, 0.25) is 5.75 Å². The first kappa shape index (κ1) is 18.2. The van der Waals surface area contributed by atoms with Gasteiger partial charge in [0.15, 0.2) is 6.61 Å². The highest BCUT2D eigenvalue weighted by Gasteiger charge is 2.15. The molecule has 0 radical (unpaired) electrons. The fraction of sp³-hybridized carbons (Fsp3) is 0.125. The maximum atomic E-state index is 11.7. The van der Waals surface area contributed by atoms with Crippen LogP contribution in [0.25, 0.3) is 0 Å². The van der Waals surface area contributed by atoms with Gasteiger partial charge in [-0.1, -0.05) is 17.7 Å². The van der Waals surface area contributed by atoms with E-state index in [0.717, 1.165) is 17.8 Å². The molecule has 9 heteroatoms. The summed E-state index contributed by atoms with van der Waals surface area (Å²) < 4.78 is 5.30. The number of aryl methyl sites for hydroxylation is 1. The molecule has 2 aromatic rings. The molecule has 0 atom stereocenters. The molecule has 0 spiro atoms. The van der Waals surface area contributed by atoms with Crippen molar-refractivity contribution in [2.75, 3.05) is 6.61 Å². The molecule has 2 N–H and O–H groups in total. The molecule has 0 unspecified atom stereocenters. The summed E-state index contributed by atoms with van der Waals surface area (Å²) in [6, 6.07) is 8.96. The van der Waals surface area contributed by atoms with Gasteiger partial charge in [-0.2, -0.15) is 5.10 Å². The lowest BCUT2D eigenvalue weighted by Crippen LogP contribution is -2.24. The van der Waals surface area contributed by atoms with Gasteiger partial charge in [0.25, 0.3) is 5.91 Å². The molecule has 2 aromatic carbocycles. The number of nitro groups is 1. The van der Waals surface area contributed by atoms with E-state index >= 15 is 0 Å². The maximum absolute atomic E-state index is 11.7. The second kappa shape index (κ2) is 8.11. The zero-order chi connectivity index (χ0) is 18.4. The number of para-hydroxylation sites is 1. The minimum atomic E-state index is -0.715. The minimum absolute atomic E-state index is 0.101. The van der Waals surface area contributed by atoms with E-state index in [1.54, 1.807) is 18.2 Å². The first-order chi connectivity index (χ1) is 11.9. The largest absolute Gasteiger partial charge is 0.502 e. The van der Waals surface area contributed by atoms with Crippen molar-refractivity contribution in [3.63, 3.8) is 0 Å². The van der Waals surface area contributed by atoms with Crippen molar-refractivity contribution in [2.24, 2.45) is 5.10 Å². The van der Waals surface area contributed by atoms with Crippen molar-refractivity contribution >= 4 is 29.4 Å². The summed E-state index contributed by atoms with van der Waals surface area (Å²) in [5, 5.41) is 24.7. The second-order valence-electron chi connectivity index (χ2n) is 4.96. The molecule has 0 fully saturated rings. The van der Waals surface area contributed by atoms with Crippen LogP contribution in [-0.2, 0) is 4.79 Å². The number of amides is 1. The molecule has 25 heavy (non-hydrogen) atoms. The van der Waals surface area contributed by atoms with Crippen molar-refractivity contribution in [3.8, 4) is 11.5 Å². The summed E-state index contributed by atoms with van der Waals surface area (Å²) in [4.78, 5) is 21.7. The van der Waals surface area contributed by atoms with Gasteiger partial charge in [0, 0.05) is 16.7 Å². The molecular formula is C16H14ClN3O5. The van der Waals surface area contributed by atoms with Crippen LogP contribution in [0.4, 0.5) is 5.69 Å². The van der Waals surface area contributed by atoms with E-state index in [0.29, 0.717) is 10.8 Å². The van der Waals surface area contributed by atoms with Crippen molar-refractivity contribution in [1.82, 2.24) is 5.43 Å². The molecule has 0 aliphatic carbocycles. The lowest BCUT2D eigenvalue weighted by molar-refractivity contribution is -0.385. The van der Waals surface area contributed by atoms with Crippen LogP contribution in [0.3, 0.4) is 0 Å². The third kappa shape index (κ3) is 4.92. The van der Waals surface area contributed by atoms with E-state index in [1.165, 1.54) is 12.1 Å². The quantitative estimate of drug-likeness (QED) is 0.465. The first-order valence-electron chi connectivity index (χ1n) is 7.05. The third-order valence-electron chi connectivity index (χ3n) is 3.13. The topological polar surface area (TPSA) is 114 Å². The fourth-order valence-corrected chi connectivity index (χ4v) is 1.98. The number of rotatable bonds is 6. The summed E-state index contributed by atoms with van der Waals surface area (Å²) in [5.74, 6) is -0.579. The van der Waals surface area contributed by atoms with Crippen LogP contribution < -0.4 is 10.2 Å². The van der Waals surface area contributed by atoms with E-state index in [2.05, 4.69) is 10.5 Å². The van der Waals surface area contributed by atoms with Crippen molar-refractivity contribution < 1.29 is 19.6 Å². The average molecular weight is 364 g/mol. The molecule has 0 saturated carbocycles. The maximum Gasteiger partial charge on any atom is 0.311 e. The van der Waals surface area contributed by atoms with Crippen molar-refractivity contribution in [2.45, 2.75) is 6.92 Å². The Labute approximate surface area is 147 Å². The zero-order valence-corrected chi connectivity index (χ0v) is 13.9. The molecule has 0 heterocycles. The number of aromatic hydroxyl groups is 1. The van der Waals surface area contributed by atoms with E-state index < -0.39 is 22.3 Å². The second-order valence-corrected chi connectivity index (χ2v) is 5.37. The number of phenolic OH excluding ortho intramolecular Hbond substituents is 1. The molecule has 2 rings (SSSR count). The number of hydrogen-bond donors (Lipinski definition) is 2. The number of nitrogens with zero attached hydrogens (tertiary/aromatic N) is 2. The number of carbonyl (C=O) groups excluding carboxylic acids is 1. The lowest BCUT2D eigenvalue weighted by atomic mass is 10.2. The summed E-state index contributed by atoms with van der Waals surface area (Å²) in [5.41, 5.74) is 2.67. The standard InChI is InChI=1S/C16H14ClN3O5/c1-10-7-12(5-6-13(10)17)25-9-15(21)19-18-8-11-3-2-4-14(16(11)22)20(23)24/h2-8,22H,9H2,1H3,(H,19,21)/b18-8-. The van der Waals surface area contributed by atoms with Crippen LogP contribution in [-0.4, -0.2) is 28.8 Å². The van der Waals surface area contributed by atoms with Gasteiger partial charge in [-0.05, 0) is 36.8 Å². The molecule has 0 bridgehead atoms. The average Bonchev–Trinajstić information content (AvgIpc) is 2.57. The summed E-state index contributed by atoms with van der Waals surface area (Å²) in [6.45, 7) is 1.53. The Bertz CT molecular complexity index is 839. The van der Waals surface area contributed by atoms with Gasteiger partial charge < -0.3 is 9.84 Å². The first-order valence-corrected chi connectivity index (χ1v) is 7.43. The van der Waals surface area contributed by atoms with Crippen molar-refractivity contribution in [3.05, 3.63) is 62.7 Å². The molecule has 8 nitrogen and oxygen atoms in total. The normalized spacial score (nSPS) is 10.6. The molecule has 0 aromatic heterocycles. The van der Waals surface area contributed by atoms with Crippen LogP contribution in [0.1, 0.15) is 11.1 Å². The van der Waals surface area contributed by atoms with Crippen LogP contribution in [0.15, 0.2) is 41.5 Å². The lowest BCUT2D eigenvalue weighted by Gasteiger charge is -2.06. The Balaban J connectivity index is 1.91. The molecular weight excluding hydrogens is 350 g/mol. The number of benzene rings is 2. The molecule has 1 amide bonds. The van der Waals surface area contributed by atoms with Crippen LogP contribution in [0, 0.1) is 17.0 Å². The van der Waals surface area contributed by atoms with Gasteiger partial charge in [0.1, 0.15) is 5.75 Å². The zero-order valence-electron chi connectivity index (χ0n) is 13.1. The number of nitrogens with one attached hydrogen (secondary N) is 1. The highest BCUT2D eigenvalue weighted by molar-refractivity contribution is 6.31. The van der Waals surface area contributed by atoms with Crippen LogP contribution in [0.5, 0.6) is 11.5 Å². The Hall–Kier alpha value is -3.13. The number of hydrazone groups is 1. The fourth-order valence-electron chi connectivity index (χ4n) is 1.86. The Morgan fingerprint density at radius 3 is 2.88 bits per heavy atom. The van der Waals surface area contributed by atoms with Crippen molar-refractivity contribution in [1.29, 1.82) is 0 Å². The number of phenols is 1. The van der Waals surface area contributed by atoms with Crippen LogP contribution in [0.2, 0.25) is 5.02 Å². The number of nitro benzene ring substituents is 1. The molecule has 130 valence electrons. The van der Waals surface area contributed by atoms with Gasteiger partial charge in [-0.15, -0.1) is 0 Å². The third-order valence-corrected chi connectivity index (χ3v) is 3.56. The smallest absolute Gasteiger partial charge is 0.311 e. The van der Waals surface area contributed by atoms with Gasteiger partial charge >= 0.3 is 5.69 Å². The minimum Gasteiger partial charge on any atom is -0.502 e. The van der Waals surface area contributed by atoms with E-state index in [9.17, 15) is 20.0 Å². The predicted molar refractivity (Wildman–Crippen MR) is 92.2 cm³/mol. The van der Waals surface area contributed by atoms with Gasteiger partial charge in [-0.3, -0.25) is 14.9 Å². The number of halogens is 1. The monoisotopic (exact) mass is 363 g/mol. The Morgan fingerprint density at radius 1 is 1.44 bits per heavy atom. The summed E-state index contributed by atoms with van der Waals surface area (Å²) in [6.07, 6.45) is 1.10. The van der Waals surface area contributed by atoms with Crippen LogP contribution >= 0.6 is 11.6 Å². The SMILES string of the molecule is Cc1cc(OCC(=O)N/N=C\c2cccc([N+](=O)[O-])c2O)ccc1Cl. The summed E-state index contributed by atoms with van der Waals surface area (Å²) >= 11 is 5.90. The molecule has 0 aliphatic rings. The Kier molecular flexibility index (Phi) is 5.91. The number of ether oxygens (including phenoxy) is 1. The number of carbonyl (C=O) groups is 1.